The van der Waals surface area contributed by atoms with Crippen LogP contribution in [0, 0.1) is 5.92 Å². The third kappa shape index (κ3) is 5.36. The largest absolute Gasteiger partial charge is 0.379 e. The number of piperidine rings is 1. The van der Waals surface area contributed by atoms with Gasteiger partial charge in [-0.3, -0.25) is 4.90 Å². The molecule has 0 aliphatic carbocycles. The van der Waals surface area contributed by atoms with E-state index in [4.69, 9.17) is 16.3 Å². The summed E-state index contributed by atoms with van der Waals surface area (Å²) in [6, 6.07) is 17.1. The van der Waals surface area contributed by atoms with E-state index in [1.54, 1.807) is 0 Å². The molecule has 0 atom stereocenters. The number of nitrogens with zero attached hydrogens (tertiary/aromatic N) is 2. The Morgan fingerprint density at radius 1 is 0.821 bits per heavy atom. The molecule has 0 N–H and O–H groups in total. The van der Waals surface area contributed by atoms with Gasteiger partial charge in [0, 0.05) is 31.2 Å². The van der Waals surface area contributed by atoms with E-state index in [9.17, 15) is 0 Å². The summed E-state index contributed by atoms with van der Waals surface area (Å²) in [6.45, 7) is 8.85. The Morgan fingerprint density at radius 3 is 2.18 bits per heavy atom. The lowest BCUT2D eigenvalue weighted by molar-refractivity contribution is 0.0314. The van der Waals surface area contributed by atoms with Crippen molar-refractivity contribution < 1.29 is 4.74 Å². The number of likely N-dealkylation sites (tertiary alicyclic amines) is 1. The van der Waals surface area contributed by atoms with Crippen molar-refractivity contribution in [3.63, 3.8) is 0 Å². The molecule has 4 heteroatoms. The highest BCUT2D eigenvalue weighted by Crippen LogP contribution is 2.29. The number of hydrogen-bond donors (Lipinski definition) is 0. The van der Waals surface area contributed by atoms with E-state index in [0.717, 1.165) is 37.2 Å². The summed E-state index contributed by atoms with van der Waals surface area (Å²) in [5, 5.41) is 0.797. The summed E-state index contributed by atoms with van der Waals surface area (Å²) in [6.07, 6.45) is 3.78. The summed E-state index contributed by atoms with van der Waals surface area (Å²) < 4.78 is 5.45. The van der Waals surface area contributed by atoms with Crippen LogP contribution in [0.4, 0.5) is 0 Å². The number of halogens is 1. The van der Waals surface area contributed by atoms with Crippen molar-refractivity contribution in [1.82, 2.24) is 9.80 Å². The minimum atomic E-state index is 0.785. The van der Waals surface area contributed by atoms with Crippen molar-refractivity contribution in [2.45, 2.75) is 19.3 Å². The zero-order chi connectivity index (χ0) is 19.2. The maximum atomic E-state index is 6.07. The van der Waals surface area contributed by atoms with Crippen LogP contribution in [0.25, 0.3) is 11.1 Å². The molecule has 4 rings (SSSR count). The van der Waals surface area contributed by atoms with Crippen molar-refractivity contribution in [3.8, 4) is 11.1 Å². The number of hydrogen-bond acceptors (Lipinski definition) is 3. The van der Waals surface area contributed by atoms with Crippen molar-refractivity contribution in [2.24, 2.45) is 5.92 Å². The molecule has 150 valence electrons. The molecule has 0 radical (unpaired) electrons. The summed E-state index contributed by atoms with van der Waals surface area (Å²) in [5.41, 5.74) is 4.09. The van der Waals surface area contributed by atoms with E-state index in [1.165, 1.54) is 62.1 Å². The minimum Gasteiger partial charge on any atom is -0.379 e. The maximum Gasteiger partial charge on any atom is 0.0594 e. The average molecular weight is 399 g/mol. The first-order chi connectivity index (χ1) is 13.8. The van der Waals surface area contributed by atoms with Gasteiger partial charge < -0.3 is 9.64 Å². The standard InChI is InChI=1S/C24H31ClN2O/c25-23-7-5-21(6-8-23)24-4-2-1-3-22(24)19-20-9-11-26(12-10-20)13-14-27-15-17-28-18-16-27/h1-8,20H,9-19H2. The Bertz CT molecular complexity index is 735. The summed E-state index contributed by atoms with van der Waals surface area (Å²) in [7, 11) is 0. The lowest BCUT2D eigenvalue weighted by atomic mass is 9.87. The quantitative estimate of drug-likeness (QED) is 0.707. The minimum absolute atomic E-state index is 0.785. The van der Waals surface area contributed by atoms with E-state index in [2.05, 4.69) is 46.2 Å². The molecule has 0 saturated carbocycles. The molecule has 28 heavy (non-hydrogen) atoms. The van der Waals surface area contributed by atoms with Gasteiger partial charge >= 0.3 is 0 Å². The van der Waals surface area contributed by atoms with Gasteiger partial charge in [0.2, 0.25) is 0 Å². The number of rotatable bonds is 6. The van der Waals surface area contributed by atoms with Gasteiger partial charge in [-0.15, -0.1) is 0 Å². The molecule has 0 bridgehead atoms. The number of benzene rings is 2. The van der Waals surface area contributed by atoms with Crippen molar-refractivity contribution in [1.29, 1.82) is 0 Å². The molecule has 0 aromatic heterocycles. The van der Waals surface area contributed by atoms with Crippen LogP contribution in [0.2, 0.25) is 5.02 Å². The molecule has 0 spiro atoms. The Balaban J connectivity index is 1.29. The van der Waals surface area contributed by atoms with Crippen molar-refractivity contribution in [3.05, 3.63) is 59.1 Å². The lowest BCUT2D eigenvalue weighted by Gasteiger charge is -2.34. The monoisotopic (exact) mass is 398 g/mol. The molecule has 2 aliphatic heterocycles. The van der Waals surface area contributed by atoms with Gasteiger partial charge in [-0.05, 0) is 67.1 Å². The molecule has 0 unspecified atom stereocenters. The molecule has 2 aliphatic rings. The fourth-order valence-corrected chi connectivity index (χ4v) is 4.57. The second kappa shape index (κ2) is 9.89. The highest BCUT2D eigenvalue weighted by molar-refractivity contribution is 6.30. The normalized spacial score (nSPS) is 19.8. The third-order valence-corrected chi connectivity index (χ3v) is 6.48. The molecule has 2 saturated heterocycles. The van der Waals surface area contributed by atoms with Gasteiger partial charge in [0.1, 0.15) is 0 Å². The Labute approximate surface area is 174 Å². The number of morpholine rings is 1. The topological polar surface area (TPSA) is 15.7 Å². The van der Waals surface area contributed by atoms with Crippen LogP contribution in [-0.2, 0) is 11.2 Å². The van der Waals surface area contributed by atoms with Crippen LogP contribution in [0.3, 0.4) is 0 Å². The van der Waals surface area contributed by atoms with Crippen LogP contribution in [0.1, 0.15) is 18.4 Å². The molecule has 2 aromatic rings. The predicted octanol–water partition coefficient (Wildman–Crippen LogP) is 4.59. The Kier molecular flexibility index (Phi) is 7.03. The smallest absolute Gasteiger partial charge is 0.0594 e. The van der Waals surface area contributed by atoms with E-state index in [-0.39, 0.29) is 0 Å². The van der Waals surface area contributed by atoms with E-state index in [0.29, 0.717) is 0 Å². The molecule has 2 aromatic carbocycles. The van der Waals surface area contributed by atoms with Crippen molar-refractivity contribution >= 4 is 11.6 Å². The first-order valence-electron chi connectivity index (χ1n) is 10.6. The third-order valence-electron chi connectivity index (χ3n) is 6.22. The van der Waals surface area contributed by atoms with E-state index in [1.807, 2.05) is 12.1 Å². The average Bonchev–Trinajstić information content (AvgIpc) is 2.75. The van der Waals surface area contributed by atoms with Crippen molar-refractivity contribution in [2.75, 3.05) is 52.5 Å². The van der Waals surface area contributed by atoms with Gasteiger partial charge in [-0.25, -0.2) is 0 Å². The molecular formula is C24H31ClN2O. The van der Waals surface area contributed by atoms with E-state index < -0.39 is 0 Å². The van der Waals surface area contributed by atoms with Crippen LogP contribution in [0.15, 0.2) is 48.5 Å². The molecule has 2 heterocycles. The van der Waals surface area contributed by atoms with Crippen LogP contribution < -0.4 is 0 Å². The fraction of sp³-hybridized carbons (Fsp3) is 0.500. The fourth-order valence-electron chi connectivity index (χ4n) is 4.44. The zero-order valence-corrected chi connectivity index (χ0v) is 17.4. The lowest BCUT2D eigenvalue weighted by Crippen LogP contribution is -2.43. The summed E-state index contributed by atoms with van der Waals surface area (Å²) in [4.78, 5) is 5.19. The van der Waals surface area contributed by atoms with Gasteiger partial charge in [-0.2, -0.15) is 0 Å². The Morgan fingerprint density at radius 2 is 1.46 bits per heavy atom. The summed E-state index contributed by atoms with van der Waals surface area (Å²) in [5.74, 6) is 0.785. The first kappa shape index (κ1) is 19.9. The van der Waals surface area contributed by atoms with E-state index >= 15 is 0 Å². The van der Waals surface area contributed by atoms with Crippen LogP contribution in [0.5, 0.6) is 0 Å². The highest BCUT2D eigenvalue weighted by Gasteiger charge is 2.21. The summed E-state index contributed by atoms with van der Waals surface area (Å²) >= 11 is 6.07. The highest BCUT2D eigenvalue weighted by atomic mass is 35.5. The predicted molar refractivity (Wildman–Crippen MR) is 117 cm³/mol. The molecule has 3 nitrogen and oxygen atoms in total. The first-order valence-corrected chi connectivity index (χ1v) is 11.0. The molecule has 0 amide bonds. The number of ether oxygens (including phenoxy) is 1. The van der Waals surface area contributed by atoms with Gasteiger partial charge in [0.15, 0.2) is 0 Å². The molecular weight excluding hydrogens is 368 g/mol. The zero-order valence-electron chi connectivity index (χ0n) is 16.7. The van der Waals surface area contributed by atoms with Gasteiger partial charge in [0.25, 0.3) is 0 Å². The SMILES string of the molecule is Clc1ccc(-c2ccccc2CC2CCN(CCN3CCOCC3)CC2)cc1. The second-order valence-corrected chi connectivity index (χ2v) is 8.54. The second-order valence-electron chi connectivity index (χ2n) is 8.11. The Hall–Kier alpha value is -1.39. The van der Waals surface area contributed by atoms with Gasteiger partial charge in [-0.1, -0.05) is 48.0 Å². The maximum absolute atomic E-state index is 6.07. The van der Waals surface area contributed by atoms with Crippen LogP contribution >= 0.6 is 11.6 Å². The van der Waals surface area contributed by atoms with Crippen LogP contribution in [-0.4, -0.2) is 62.3 Å². The van der Waals surface area contributed by atoms with Gasteiger partial charge in [0.05, 0.1) is 13.2 Å². The molecule has 2 fully saturated rings.